The number of nitrogens with one attached hydrogen (secondary N) is 2. The summed E-state index contributed by atoms with van der Waals surface area (Å²) in [6, 6.07) is 0. The van der Waals surface area contributed by atoms with E-state index in [2.05, 4.69) is 10.6 Å². The first-order chi connectivity index (χ1) is 4.91. The van der Waals surface area contributed by atoms with Crippen LogP contribution in [0, 0.1) is 0 Å². The van der Waals surface area contributed by atoms with Crippen LogP contribution in [0.15, 0.2) is 0 Å². The van der Waals surface area contributed by atoms with Crippen molar-refractivity contribution in [1.29, 1.82) is 0 Å². The number of hydrogen-bond acceptors (Lipinski definition) is 2. The maximum Gasteiger partial charge on any atom is 0.0308 e. The second-order valence-electron chi connectivity index (χ2n) is 2.88. The van der Waals surface area contributed by atoms with Gasteiger partial charge in [-0.1, -0.05) is 13.8 Å². The van der Waals surface area contributed by atoms with Gasteiger partial charge in [0, 0.05) is 26.6 Å². The lowest BCUT2D eigenvalue weighted by molar-refractivity contribution is 0.403. The van der Waals surface area contributed by atoms with Gasteiger partial charge in [0.1, 0.15) is 0 Å². The van der Waals surface area contributed by atoms with Crippen molar-refractivity contribution in [3.05, 3.63) is 0 Å². The minimum atomic E-state index is 0. The van der Waals surface area contributed by atoms with Gasteiger partial charge < -0.3 is 10.6 Å². The molecule has 0 unspecified atom stereocenters. The van der Waals surface area contributed by atoms with Gasteiger partial charge in [-0.15, -0.1) is 0 Å². The Balaban J connectivity index is 0.000000311. The first-order valence-corrected chi connectivity index (χ1v) is 4.37. The molecule has 0 bridgehead atoms. The van der Waals surface area contributed by atoms with Crippen LogP contribution in [0.1, 0.15) is 28.1 Å². The monoisotopic (exact) mass is 144 g/mol. The topological polar surface area (TPSA) is 24.1 Å². The SMILES string of the molecule is C1CNC2(CC2)CN1.CC.[HH]. The minimum absolute atomic E-state index is 0. The summed E-state index contributed by atoms with van der Waals surface area (Å²) < 4.78 is 0. The molecule has 0 aromatic rings. The van der Waals surface area contributed by atoms with E-state index in [9.17, 15) is 0 Å². The van der Waals surface area contributed by atoms with Crippen molar-refractivity contribution < 1.29 is 1.43 Å². The van der Waals surface area contributed by atoms with Crippen molar-refractivity contribution in [2.45, 2.75) is 32.2 Å². The summed E-state index contributed by atoms with van der Waals surface area (Å²) in [5, 5.41) is 6.88. The smallest absolute Gasteiger partial charge is 0.0308 e. The molecule has 10 heavy (non-hydrogen) atoms. The van der Waals surface area contributed by atoms with Gasteiger partial charge in [0.2, 0.25) is 0 Å². The van der Waals surface area contributed by atoms with Gasteiger partial charge in [-0.2, -0.15) is 0 Å². The average Bonchev–Trinajstić information content (AvgIpc) is 2.75. The van der Waals surface area contributed by atoms with Gasteiger partial charge in [-0.05, 0) is 12.8 Å². The van der Waals surface area contributed by atoms with Gasteiger partial charge in [-0.3, -0.25) is 0 Å². The van der Waals surface area contributed by atoms with Crippen molar-refractivity contribution in [2.75, 3.05) is 19.6 Å². The van der Waals surface area contributed by atoms with E-state index in [1.54, 1.807) is 0 Å². The summed E-state index contributed by atoms with van der Waals surface area (Å²) in [7, 11) is 0. The molecule has 62 valence electrons. The zero-order valence-corrected chi connectivity index (χ0v) is 7.04. The molecule has 1 aliphatic heterocycles. The van der Waals surface area contributed by atoms with E-state index in [1.165, 1.54) is 25.9 Å². The summed E-state index contributed by atoms with van der Waals surface area (Å²) in [6.45, 7) is 7.52. The molecular weight excluding hydrogens is 124 g/mol. The third kappa shape index (κ3) is 1.70. The molecule has 2 fully saturated rings. The molecule has 1 spiro atoms. The maximum absolute atomic E-state index is 3.51. The summed E-state index contributed by atoms with van der Waals surface area (Å²) in [4.78, 5) is 0. The van der Waals surface area contributed by atoms with Crippen molar-refractivity contribution in [3.63, 3.8) is 0 Å². The van der Waals surface area contributed by atoms with Crippen LogP contribution >= 0.6 is 0 Å². The first kappa shape index (κ1) is 8.02. The van der Waals surface area contributed by atoms with Crippen LogP contribution in [0.3, 0.4) is 0 Å². The molecule has 1 heterocycles. The van der Waals surface area contributed by atoms with Crippen LogP contribution in [0.5, 0.6) is 0 Å². The Hall–Kier alpha value is -0.0800. The van der Waals surface area contributed by atoms with Crippen LogP contribution < -0.4 is 10.6 Å². The first-order valence-electron chi connectivity index (χ1n) is 4.37. The highest BCUT2D eigenvalue weighted by molar-refractivity contribution is 5.05. The Kier molecular flexibility index (Phi) is 2.69. The molecular formula is C8H20N2. The third-order valence-electron chi connectivity index (χ3n) is 2.12. The van der Waals surface area contributed by atoms with Crippen molar-refractivity contribution in [2.24, 2.45) is 0 Å². The fraction of sp³-hybridized carbons (Fsp3) is 1.00. The predicted octanol–water partition coefficient (Wildman–Crippen LogP) is 0.984. The molecule has 1 saturated carbocycles. The van der Waals surface area contributed by atoms with Gasteiger partial charge in [0.15, 0.2) is 0 Å². The lowest BCUT2D eigenvalue weighted by atomic mass is 10.2. The van der Waals surface area contributed by atoms with Gasteiger partial charge in [-0.25, -0.2) is 0 Å². The van der Waals surface area contributed by atoms with Crippen LogP contribution in [-0.4, -0.2) is 25.2 Å². The predicted molar refractivity (Wildman–Crippen MR) is 46.3 cm³/mol. The maximum atomic E-state index is 3.51. The molecule has 0 radical (unpaired) electrons. The highest BCUT2D eigenvalue weighted by Gasteiger charge is 2.42. The molecule has 0 aromatic carbocycles. The Morgan fingerprint density at radius 1 is 1.20 bits per heavy atom. The molecule has 2 nitrogen and oxygen atoms in total. The molecule has 0 atom stereocenters. The van der Waals surface area contributed by atoms with Crippen LogP contribution in [0.25, 0.3) is 0 Å². The fourth-order valence-corrected chi connectivity index (χ4v) is 1.31. The highest BCUT2D eigenvalue weighted by Crippen LogP contribution is 2.34. The van der Waals surface area contributed by atoms with Gasteiger partial charge >= 0.3 is 0 Å². The minimum Gasteiger partial charge on any atom is -0.314 e. The standard InChI is InChI=1S/C6H12N2.C2H6.H2/c1-2-6(1)5-7-3-4-8-6;1-2;/h7-8H,1-5H2;1-2H3;1H. The lowest BCUT2D eigenvalue weighted by Crippen LogP contribution is -2.50. The third-order valence-corrected chi connectivity index (χ3v) is 2.12. The zero-order valence-electron chi connectivity index (χ0n) is 7.04. The van der Waals surface area contributed by atoms with Crippen LogP contribution in [-0.2, 0) is 0 Å². The molecule has 2 aliphatic rings. The van der Waals surface area contributed by atoms with E-state index in [-0.39, 0.29) is 1.43 Å². The van der Waals surface area contributed by atoms with E-state index in [0.717, 1.165) is 6.54 Å². The van der Waals surface area contributed by atoms with E-state index in [1.807, 2.05) is 13.8 Å². The number of piperazine rings is 1. The molecule has 2 heteroatoms. The quantitative estimate of drug-likeness (QED) is 0.529. The van der Waals surface area contributed by atoms with Crippen molar-refractivity contribution >= 4 is 0 Å². The lowest BCUT2D eigenvalue weighted by Gasteiger charge is -2.23. The highest BCUT2D eigenvalue weighted by atomic mass is 15.1. The van der Waals surface area contributed by atoms with Crippen LogP contribution in [0.2, 0.25) is 0 Å². The summed E-state index contributed by atoms with van der Waals surface area (Å²) in [6.07, 6.45) is 2.78. The number of hydrogen-bond donors (Lipinski definition) is 2. The second-order valence-corrected chi connectivity index (χ2v) is 2.88. The van der Waals surface area contributed by atoms with Crippen LogP contribution in [0.4, 0.5) is 0 Å². The van der Waals surface area contributed by atoms with Gasteiger partial charge in [0.25, 0.3) is 0 Å². The fourth-order valence-electron chi connectivity index (χ4n) is 1.31. The average molecular weight is 144 g/mol. The van der Waals surface area contributed by atoms with Gasteiger partial charge in [0.05, 0.1) is 0 Å². The molecule has 0 aromatic heterocycles. The Morgan fingerprint density at radius 2 is 1.90 bits per heavy atom. The molecule has 0 amide bonds. The van der Waals surface area contributed by atoms with E-state index in [0.29, 0.717) is 5.54 Å². The van der Waals surface area contributed by atoms with Crippen molar-refractivity contribution in [3.8, 4) is 0 Å². The van der Waals surface area contributed by atoms with E-state index >= 15 is 0 Å². The summed E-state index contributed by atoms with van der Waals surface area (Å²) >= 11 is 0. The number of rotatable bonds is 0. The zero-order chi connectivity index (χ0) is 7.45. The van der Waals surface area contributed by atoms with E-state index < -0.39 is 0 Å². The molecule has 2 N–H and O–H groups in total. The molecule has 2 rings (SSSR count). The van der Waals surface area contributed by atoms with E-state index in [4.69, 9.17) is 0 Å². The normalized spacial score (nSPS) is 27.0. The molecule has 1 saturated heterocycles. The van der Waals surface area contributed by atoms with Crippen molar-refractivity contribution in [1.82, 2.24) is 10.6 Å². The molecule has 1 aliphatic carbocycles. The Labute approximate surface area is 64.9 Å². The largest absolute Gasteiger partial charge is 0.314 e. The second kappa shape index (κ2) is 3.35. The summed E-state index contributed by atoms with van der Waals surface area (Å²) in [5.41, 5.74) is 0.568. The Morgan fingerprint density at radius 3 is 2.20 bits per heavy atom. The summed E-state index contributed by atoms with van der Waals surface area (Å²) in [5.74, 6) is 0. The Bertz CT molecular complexity index is 94.3.